The van der Waals surface area contributed by atoms with Crippen LogP contribution in [0.2, 0.25) is 0 Å². The first-order valence-corrected chi connectivity index (χ1v) is 9.94. The van der Waals surface area contributed by atoms with Crippen LogP contribution in [0.4, 0.5) is 0 Å². The minimum absolute atomic E-state index is 0.0593. The first kappa shape index (κ1) is 21.1. The van der Waals surface area contributed by atoms with E-state index in [1.807, 2.05) is 0 Å². The summed E-state index contributed by atoms with van der Waals surface area (Å²) in [6.45, 7) is 0.804. The first-order chi connectivity index (χ1) is 15.6. The summed E-state index contributed by atoms with van der Waals surface area (Å²) in [5.74, 6) is -0.381. The Morgan fingerprint density at radius 3 is 2.31 bits per heavy atom. The molecule has 1 heterocycles. The Hall–Kier alpha value is -4.13. The summed E-state index contributed by atoms with van der Waals surface area (Å²) >= 11 is 0. The van der Waals surface area contributed by atoms with Crippen molar-refractivity contribution >= 4 is 17.7 Å². The SMILES string of the molecule is COC(=O)c1cccc(COC(=O)c2ccccc2C(=O)c2ccc3c(c2)OCCO3)c1. The topological polar surface area (TPSA) is 88.1 Å². The van der Waals surface area contributed by atoms with Gasteiger partial charge in [0.15, 0.2) is 17.3 Å². The molecule has 0 saturated carbocycles. The van der Waals surface area contributed by atoms with Gasteiger partial charge in [-0.3, -0.25) is 4.79 Å². The van der Waals surface area contributed by atoms with Gasteiger partial charge in [0.05, 0.1) is 18.2 Å². The van der Waals surface area contributed by atoms with Gasteiger partial charge < -0.3 is 18.9 Å². The van der Waals surface area contributed by atoms with Crippen LogP contribution in [0.1, 0.15) is 42.2 Å². The molecule has 0 atom stereocenters. The van der Waals surface area contributed by atoms with Crippen LogP contribution in [-0.4, -0.2) is 38.0 Å². The van der Waals surface area contributed by atoms with Crippen molar-refractivity contribution in [3.8, 4) is 11.5 Å². The summed E-state index contributed by atoms with van der Waals surface area (Å²) in [7, 11) is 1.30. The van der Waals surface area contributed by atoms with Crippen LogP contribution in [0.3, 0.4) is 0 Å². The number of esters is 2. The Kier molecular flexibility index (Phi) is 6.17. The first-order valence-electron chi connectivity index (χ1n) is 9.94. The highest BCUT2D eigenvalue weighted by atomic mass is 16.6. The fourth-order valence-electron chi connectivity index (χ4n) is 3.33. The summed E-state index contributed by atoms with van der Waals surface area (Å²) in [5, 5.41) is 0. The molecule has 0 bridgehead atoms. The van der Waals surface area contributed by atoms with Crippen LogP contribution in [-0.2, 0) is 16.1 Å². The molecule has 0 N–H and O–H groups in total. The number of ether oxygens (including phenoxy) is 4. The van der Waals surface area contributed by atoms with Crippen molar-refractivity contribution in [3.05, 3.63) is 94.5 Å². The van der Waals surface area contributed by atoms with Crippen molar-refractivity contribution in [1.82, 2.24) is 0 Å². The summed E-state index contributed by atoms with van der Waals surface area (Å²) in [5.41, 5.74) is 1.72. The number of carbonyl (C=O) groups is 3. The second-order valence-electron chi connectivity index (χ2n) is 7.00. The van der Waals surface area contributed by atoms with Crippen molar-refractivity contribution in [3.63, 3.8) is 0 Å². The largest absolute Gasteiger partial charge is 0.486 e. The monoisotopic (exact) mass is 432 g/mol. The van der Waals surface area contributed by atoms with Gasteiger partial charge in [-0.1, -0.05) is 30.3 Å². The molecular formula is C25H20O7. The lowest BCUT2D eigenvalue weighted by atomic mass is 9.98. The minimum Gasteiger partial charge on any atom is -0.486 e. The molecule has 0 radical (unpaired) electrons. The van der Waals surface area contributed by atoms with E-state index in [-0.39, 0.29) is 23.5 Å². The number of rotatable bonds is 6. The maximum atomic E-state index is 13.1. The van der Waals surface area contributed by atoms with Crippen LogP contribution in [0.5, 0.6) is 11.5 Å². The van der Waals surface area contributed by atoms with Gasteiger partial charge in [0.1, 0.15) is 19.8 Å². The van der Waals surface area contributed by atoms with Gasteiger partial charge in [-0.15, -0.1) is 0 Å². The zero-order valence-electron chi connectivity index (χ0n) is 17.3. The molecule has 0 fully saturated rings. The normalized spacial score (nSPS) is 12.0. The maximum Gasteiger partial charge on any atom is 0.339 e. The molecule has 0 amide bonds. The predicted octanol–water partition coefficient (Wildman–Crippen LogP) is 3.83. The summed E-state index contributed by atoms with van der Waals surface area (Å²) in [4.78, 5) is 37.6. The van der Waals surface area contributed by atoms with E-state index in [1.54, 1.807) is 66.7 Å². The zero-order chi connectivity index (χ0) is 22.5. The van der Waals surface area contributed by atoms with Crippen molar-refractivity contribution in [2.45, 2.75) is 6.61 Å². The van der Waals surface area contributed by atoms with E-state index in [2.05, 4.69) is 0 Å². The third-order valence-electron chi connectivity index (χ3n) is 4.91. The Morgan fingerprint density at radius 2 is 1.53 bits per heavy atom. The van der Waals surface area contributed by atoms with Crippen molar-refractivity contribution in [2.24, 2.45) is 0 Å². The Bertz CT molecular complexity index is 1180. The molecule has 4 rings (SSSR count). The molecule has 0 unspecified atom stereocenters. The number of ketones is 1. The quantitative estimate of drug-likeness (QED) is 0.432. The fourth-order valence-corrected chi connectivity index (χ4v) is 3.33. The van der Waals surface area contributed by atoms with Gasteiger partial charge in [-0.25, -0.2) is 9.59 Å². The number of benzene rings is 3. The van der Waals surface area contributed by atoms with E-state index < -0.39 is 11.9 Å². The zero-order valence-corrected chi connectivity index (χ0v) is 17.3. The molecule has 1 aliphatic heterocycles. The molecule has 3 aromatic rings. The van der Waals surface area contributed by atoms with E-state index >= 15 is 0 Å². The van der Waals surface area contributed by atoms with Gasteiger partial charge in [0, 0.05) is 11.1 Å². The van der Waals surface area contributed by atoms with Gasteiger partial charge in [0.2, 0.25) is 0 Å². The van der Waals surface area contributed by atoms with Gasteiger partial charge in [-0.05, 0) is 42.0 Å². The van der Waals surface area contributed by atoms with Crippen LogP contribution in [0, 0.1) is 0 Å². The highest BCUT2D eigenvalue weighted by molar-refractivity contribution is 6.14. The van der Waals surface area contributed by atoms with E-state index in [0.717, 1.165) is 0 Å². The molecule has 0 aliphatic carbocycles. The number of fused-ring (bicyclic) bond motifs is 1. The lowest BCUT2D eigenvalue weighted by Gasteiger charge is -2.18. The average molecular weight is 432 g/mol. The van der Waals surface area contributed by atoms with E-state index in [1.165, 1.54) is 7.11 Å². The molecule has 32 heavy (non-hydrogen) atoms. The molecule has 0 aromatic heterocycles. The van der Waals surface area contributed by atoms with Crippen LogP contribution >= 0.6 is 0 Å². The molecular weight excluding hydrogens is 412 g/mol. The lowest BCUT2D eigenvalue weighted by Crippen LogP contribution is -2.16. The summed E-state index contributed by atoms with van der Waals surface area (Å²) in [6, 6.07) is 18.0. The molecule has 162 valence electrons. The minimum atomic E-state index is -0.644. The van der Waals surface area contributed by atoms with Crippen LogP contribution < -0.4 is 9.47 Å². The summed E-state index contributed by atoms with van der Waals surface area (Å²) < 4.78 is 21.2. The highest BCUT2D eigenvalue weighted by Crippen LogP contribution is 2.31. The van der Waals surface area contributed by atoms with E-state index in [4.69, 9.17) is 18.9 Å². The standard InChI is InChI=1S/C25H20O7/c1-29-24(27)18-6-4-5-16(13-18)15-32-25(28)20-8-3-2-7-19(20)23(26)17-9-10-21-22(14-17)31-12-11-30-21/h2-10,13-14H,11-12,15H2,1H3. The second kappa shape index (κ2) is 9.34. The smallest absolute Gasteiger partial charge is 0.339 e. The van der Waals surface area contributed by atoms with Crippen molar-refractivity contribution in [2.75, 3.05) is 20.3 Å². The Balaban J connectivity index is 1.52. The van der Waals surface area contributed by atoms with E-state index in [9.17, 15) is 14.4 Å². The fraction of sp³-hybridized carbons (Fsp3) is 0.160. The van der Waals surface area contributed by atoms with Gasteiger partial charge >= 0.3 is 11.9 Å². The van der Waals surface area contributed by atoms with Crippen LogP contribution in [0.15, 0.2) is 66.7 Å². The summed E-state index contributed by atoms with van der Waals surface area (Å²) in [6.07, 6.45) is 0. The number of carbonyl (C=O) groups excluding carboxylic acids is 3. The number of hydrogen-bond donors (Lipinski definition) is 0. The lowest BCUT2D eigenvalue weighted by molar-refractivity contribution is 0.0470. The molecule has 0 saturated heterocycles. The highest BCUT2D eigenvalue weighted by Gasteiger charge is 2.21. The Labute approximate surface area is 184 Å². The van der Waals surface area contributed by atoms with Crippen LogP contribution in [0.25, 0.3) is 0 Å². The number of methoxy groups -OCH3 is 1. The molecule has 7 heteroatoms. The second-order valence-corrected chi connectivity index (χ2v) is 7.00. The van der Waals surface area contributed by atoms with Gasteiger partial charge in [-0.2, -0.15) is 0 Å². The predicted molar refractivity (Wildman–Crippen MR) is 114 cm³/mol. The third-order valence-corrected chi connectivity index (χ3v) is 4.91. The third kappa shape index (κ3) is 4.46. The van der Waals surface area contributed by atoms with E-state index in [0.29, 0.717) is 41.4 Å². The molecule has 0 spiro atoms. The average Bonchev–Trinajstić information content (AvgIpc) is 2.86. The van der Waals surface area contributed by atoms with Crippen molar-refractivity contribution < 1.29 is 33.3 Å². The molecule has 7 nitrogen and oxygen atoms in total. The maximum absolute atomic E-state index is 13.1. The molecule has 1 aliphatic rings. The number of hydrogen-bond acceptors (Lipinski definition) is 7. The molecule has 3 aromatic carbocycles. The Morgan fingerprint density at radius 1 is 0.781 bits per heavy atom. The van der Waals surface area contributed by atoms with Gasteiger partial charge in [0.25, 0.3) is 0 Å². The van der Waals surface area contributed by atoms with Crippen molar-refractivity contribution in [1.29, 1.82) is 0 Å².